The lowest BCUT2D eigenvalue weighted by Gasteiger charge is -2.20. The van der Waals surface area contributed by atoms with Gasteiger partial charge in [0, 0.05) is 29.8 Å². The summed E-state index contributed by atoms with van der Waals surface area (Å²) in [5.41, 5.74) is 3.58. The molecule has 3 aromatic rings. The van der Waals surface area contributed by atoms with Gasteiger partial charge >= 0.3 is 5.97 Å². The van der Waals surface area contributed by atoms with Crippen LogP contribution >= 0.6 is 0 Å². The Balaban J connectivity index is 1.81. The molecular formula is C20H23N5O3. The number of aliphatic carboxylic acids is 1. The average Bonchev–Trinajstić information content (AvgIpc) is 3.25. The van der Waals surface area contributed by atoms with Crippen molar-refractivity contribution in [3.05, 3.63) is 59.7 Å². The molecular weight excluding hydrogens is 358 g/mol. The van der Waals surface area contributed by atoms with Crippen LogP contribution in [0.1, 0.15) is 42.8 Å². The van der Waals surface area contributed by atoms with E-state index in [9.17, 15) is 9.90 Å². The highest BCUT2D eigenvalue weighted by molar-refractivity contribution is 5.71. The molecule has 0 saturated heterocycles. The van der Waals surface area contributed by atoms with E-state index in [2.05, 4.69) is 25.6 Å². The van der Waals surface area contributed by atoms with Gasteiger partial charge in [-0.3, -0.25) is 9.78 Å². The molecule has 1 aromatic carbocycles. The van der Waals surface area contributed by atoms with E-state index in [0.29, 0.717) is 18.7 Å². The molecule has 146 valence electrons. The van der Waals surface area contributed by atoms with Crippen LogP contribution in [-0.2, 0) is 17.8 Å². The van der Waals surface area contributed by atoms with E-state index in [1.54, 1.807) is 6.20 Å². The van der Waals surface area contributed by atoms with Gasteiger partial charge in [0.05, 0.1) is 12.5 Å². The van der Waals surface area contributed by atoms with Gasteiger partial charge in [0.15, 0.2) is 5.82 Å². The lowest BCUT2D eigenvalue weighted by molar-refractivity contribution is -0.143. The summed E-state index contributed by atoms with van der Waals surface area (Å²) in [5.74, 6) is -1.47. The molecule has 2 aromatic heterocycles. The summed E-state index contributed by atoms with van der Waals surface area (Å²) >= 11 is 0. The molecule has 0 spiro atoms. The minimum absolute atomic E-state index is 0.0114. The predicted molar refractivity (Wildman–Crippen MR) is 102 cm³/mol. The highest BCUT2D eigenvalue weighted by atomic mass is 16.4. The van der Waals surface area contributed by atoms with Crippen LogP contribution in [0.25, 0.3) is 11.1 Å². The van der Waals surface area contributed by atoms with Gasteiger partial charge in [0.2, 0.25) is 0 Å². The number of carboxylic acid groups (broad SMARTS) is 1. The van der Waals surface area contributed by atoms with Crippen molar-refractivity contribution in [3.8, 4) is 11.1 Å². The van der Waals surface area contributed by atoms with Crippen LogP contribution in [-0.4, -0.2) is 41.8 Å². The Morgan fingerprint density at radius 2 is 1.89 bits per heavy atom. The number of aliphatic hydroxyl groups excluding tert-OH is 1. The number of nitrogens with zero attached hydrogens (tertiary/aromatic N) is 4. The van der Waals surface area contributed by atoms with Crippen LogP contribution in [0.5, 0.6) is 0 Å². The SMILES string of the molecule is CCCC(C(=O)O)[C@H](Cc1ccc(-c2ccc(CO)cc2)cn1)c1nn[nH]n1. The van der Waals surface area contributed by atoms with Crippen LogP contribution in [0, 0.1) is 5.92 Å². The maximum Gasteiger partial charge on any atom is 0.307 e. The van der Waals surface area contributed by atoms with Crippen LogP contribution in [0.15, 0.2) is 42.6 Å². The number of rotatable bonds is 9. The summed E-state index contributed by atoms with van der Waals surface area (Å²) in [4.78, 5) is 16.3. The highest BCUT2D eigenvalue weighted by Gasteiger charge is 2.32. The number of carboxylic acids is 1. The van der Waals surface area contributed by atoms with Crippen molar-refractivity contribution in [3.63, 3.8) is 0 Å². The van der Waals surface area contributed by atoms with E-state index in [0.717, 1.165) is 28.8 Å². The summed E-state index contributed by atoms with van der Waals surface area (Å²) in [5, 5.41) is 32.9. The zero-order chi connectivity index (χ0) is 19.9. The van der Waals surface area contributed by atoms with Gasteiger partial charge in [0.25, 0.3) is 0 Å². The number of aromatic nitrogens is 5. The molecule has 3 rings (SSSR count). The lowest BCUT2D eigenvalue weighted by atomic mass is 9.84. The third-order valence-corrected chi connectivity index (χ3v) is 4.82. The molecule has 2 atom stereocenters. The van der Waals surface area contributed by atoms with E-state index in [4.69, 9.17) is 5.11 Å². The van der Waals surface area contributed by atoms with Gasteiger partial charge in [-0.1, -0.05) is 48.9 Å². The van der Waals surface area contributed by atoms with E-state index in [-0.39, 0.29) is 6.61 Å². The van der Waals surface area contributed by atoms with Gasteiger partial charge in [-0.15, -0.1) is 10.2 Å². The molecule has 0 saturated carbocycles. The largest absolute Gasteiger partial charge is 0.481 e. The fraction of sp³-hybridized carbons (Fsp3) is 0.350. The molecule has 28 heavy (non-hydrogen) atoms. The van der Waals surface area contributed by atoms with E-state index < -0.39 is 17.8 Å². The first-order chi connectivity index (χ1) is 13.6. The molecule has 8 heteroatoms. The fourth-order valence-corrected chi connectivity index (χ4v) is 3.29. The Bertz CT molecular complexity index is 879. The Kier molecular flexibility index (Phi) is 6.44. The molecule has 2 heterocycles. The fourth-order valence-electron chi connectivity index (χ4n) is 3.29. The number of tetrazole rings is 1. The number of nitrogens with one attached hydrogen (secondary N) is 1. The van der Waals surface area contributed by atoms with E-state index in [1.165, 1.54) is 0 Å². The first-order valence-electron chi connectivity index (χ1n) is 9.23. The Morgan fingerprint density at radius 1 is 1.14 bits per heavy atom. The molecule has 0 aliphatic rings. The number of hydrogen-bond acceptors (Lipinski definition) is 6. The highest BCUT2D eigenvalue weighted by Crippen LogP contribution is 2.30. The van der Waals surface area contributed by atoms with Crippen molar-refractivity contribution >= 4 is 5.97 Å². The molecule has 0 fully saturated rings. The minimum Gasteiger partial charge on any atom is -0.481 e. The number of aromatic amines is 1. The Labute approximate surface area is 162 Å². The molecule has 0 bridgehead atoms. The van der Waals surface area contributed by atoms with Gasteiger partial charge in [0.1, 0.15) is 0 Å². The number of pyridine rings is 1. The van der Waals surface area contributed by atoms with Crippen LogP contribution in [0.3, 0.4) is 0 Å². The first kappa shape index (κ1) is 19.6. The van der Waals surface area contributed by atoms with E-state index in [1.807, 2.05) is 43.3 Å². The zero-order valence-corrected chi connectivity index (χ0v) is 15.6. The molecule has 0 aliphatic heterocycles. The number of benzene rings is 1. The van der Waals surface area contributed by atoms with Crippen LogP contribution in [0.4, 0.5) is 0 Å². The molecule has 3 N–H and O–H groups in total. The number of hydrogen-bond donors (Lipinski definition) is 3. The summed E-state index contributed by atoms with van der Waals surface area (Å²) in [6.07, 6.45) is 3.47. The van der Waals surface area contributed by atoms with Crippen LogP contribution < -0.4 is 0 Å². The van der Waals surface area contributed by atoms with Gasteiger partial charge in [-0.05, 0) is 23.6 Å². The summed E-state index contributed by atoms with van der Waals surface area (Å²) in [6.45, 7) is 1.97. The average molecular weight is 381 g/mol. The zero-order valence-electron chi connectivity index (χ0n) is 15.6. The van der Waals surface area contributed by atoms with Crippen molar-refractivity contribution in [1.82, 2.24) is 25.6 Å². The first-order valence-corrected chi connectivity index (χ1v) is 9.23. The molecule has 0 amide bonds. The lowest BCUT2D eigenvalue weighted by Crippen LogP contribution is -2.25. The monoisotopic (exact) mass is 381 g/mol. The summed E-state index contributed by atoms with van der Waals surface area (Å²) in [6, 6.07) is 11.5. The van der Waals surface area contributed by atoms with Gasteiger partial charge in [-0.25, -0.2) is 0 Å². The third-order valence-electron chi connectivity index (χ3n) is 4.82. The van der Waals surface area contributed by atoms with Crippen molar-refractivity contribution in [1.29, 1.82) is 0 Å². The van der Waals surface area contributed by atoms with Crippen molar-refractivity contribution in [2.24, 2.45) is 5.92 Å². The maximum atomic E-state index is 11.8. The third kappa shape index (κ3) is 4.58. The number of H-pyrrole nitrogens is 1. The second kappa shape index (κ2) is 9.18. The van der Waals surface area contributed by atoms with Crippen LogP contribution in [0.2, 0.25) is 0 Å². The summed E-state index contributed by atoms with van der Waals surface area (Å²) in [7, 11) is 0. The molecule has 0 radical (unpaired) electrons. The second-order valence-electron chi connectivity index (χ2n) is 6.71. The number of aliphatic hydroxyl groups is 1. The summed E-state index contributed by atoms with van der Waals surface area (Å²) < 4.78 is 0. The molecule has 1 unspecified atom stereocenters. The molecule has 8 nitrogen and oxygen atoms in total. The predicted octanol–water partition coefficient (Wildman–Crippen LogP) is 2.58. The van der Waals surface area contributed by atoms with Crippen molar-refractivity contribution in [2.45, 2.75) is 38.7 Å². The van der Waals surface area contributed by atoms with Gasteiger partial charge in [-0.2, -0.15) is 5.21 Å². The second-order valence-corrected chi connectivity index (χ2v) is 6.71. The number of carbonyl (C=O) groups is 1. The van der Waals surface area contributed by atoms with E-state index >= 15 is 0 Å². The smallest absolute Gasteiger partial charge is 0.307 e. The topological polar surface area (TPSA) is 125 Å². The molecule has 0 aliphatic carbocycles. The Morgan fingerprint density at radius 3 is 2.43 bits per heavy atom. The van der Waals surface area contributed by atoms with Crippen molar-refractivity contribution < 1.29 is 15.0 Å². The normalized spacial score (nSPS) is 13.2. The minimum atomic E-state index is -0.864. The quantitative estimate of drug-likeness (QED) is 0.520. The Hall–Kier alpha value is -3.13. The maximum absolute atomic E-state index is 11.8. The van der Waals surface area contributed by atoms with Gasteiger partial charge < -0.3 is 10.2 Å². The standard InChI is InChI=1S/C20H23N5O3/c1-2-3-17(20(27)28)18(19-22-24-25-23-19)10-16-9-8-15(11-21-16)14-6-4-13(12-26)5-7-14/h4-9,11,17-18,26H,2-3,10,12H2,1H3,(H,27,28)(H,22,23,24,25)/t17?,18-/m0/s1. The van der Waals surface area contributed by atoms with Crippen molar-refractivity contribution in [2.75, 3.05) is 0 Å².